The van der Waals surface area contributed by atoms with E-state index in [-0.39, 0.29) is 35.5 Å². The predicted molar refractivity (Wildman–Crippen MR) is 113 cm³/mol. The fourth-order valence-corrected chi connectivity index (χ4v) is 5.15. The number of carbonyl (C=O) groups excluding carboxylic acids is 3. The topological polar surface area (TPSA) is 70.6 Å². The van der Waals surface area contributed by atoms with Gasteiger partial charge in [0.1, 0.15) is 6.04 Å². The fraction of sp³-hybridized carbons (Fsp3) is 0.455. The summed E-state index contributed by atoms with van der Waals surface area (Å²) in [5, 5.41) is 0.572. The molecule has 0 N–H and O–H groups in total. The Labute approximate surface area is 174 Å². The molecule has 0 bridgehead atoms. The van der Waals surface area contributed by atoms with Crippen LogP contribution in [-0.2, 0) is 14.4 Å². The third kappa shape index (κ3) is 3.48. The minimum absolute atomic E-state index is 0.161. The average molecular weight is 412 g/mol. The molecular formula is C22H25N3O3S. The van der Waals surface area contributed by atoms with Gasteiger partial charge in [-0.1, -0.05) is 49.5 Å². The van der Waals surface area contributed by atoms with Gasteiger partial charge in [-0.2, -0.15) is 0 Å². The first-order chi connectivity index (χ1) is 13.9. The zero-order valence-corrected chi connectivity index (χ0v) is 17.7. The predicted octanol–water partition coefficient (Wildman–Crippen LogP) is 3.63. The van der Waals surface area contributed by atoms with Crippen LogP contribution in [0.25, 0.3) is 10.2 Å². The summed E-state index contributed by atoms with van der Waals surface area (Å²) in [5.74, 6) is -1.17. The van der Waals surface area contributed by atoms with E-state index in [1.165, 1.54) is 21.1 Å². The van der Waals surface area contributed by atoms with Gasteiger partial charge in [-0.25, -0.2) is 4.98 Å². The molecule has 4 rings (SSSR count). The summed E-state index contributed by atoms with van der Waals surface area (Å²) < 4.78 is 0.993. The highest BCUT2D eigenvalue weighted by atomic mass is 32.1. The number of hydrogen-bond acceptors (Lipinski definition) is 5. The van der Waals surface area contributed by atoms with Gasteiger partial charge in [0, 0.05) is 7.05 Å². The van der Waals surface area contributed by atoms with Crippen molar-refractivity contribution in [3.63, 3.8) is 0 Å². The Balaban J connectivity index is 1.64. The molecule has 1 fully saturated rings. The van der Waals surface area contributed by atoms with Crippen LogP contribution in [0.5, 0.6) is 0 Å². The van der Waals surface area contributed by atoms with Crippen LogP contribution in [0.2, 0.25) is 0 Å². The van der Waals surface area contributed by atoms with Crippen LogP contribution in [0.4, 0.5) is 5.13 Å². The lowest BCUT2D eigenvalue weighted by molar-refractivity contribution is -0.147. The third-order valence-corrected chi connectivity index (χ3v) is 6.85. The maximum Gasteiger partial charge on any atom is 0.251 e. The zero-order valence-electron chi connectivity index (χ0n) is 16.9. The lowest BCUT2D eigenvalue weighted by Crippen LogP contribution is -2.51. The molecule has 0 radical (unpaired) electrons. The molecule has 1 aliphatic carbocycles. The number of amides is 3. The van der Waals surface area contributed by atoms with E-state index in [2.05, 4.69) is 4.98 Å². The fourth-order valence-electron chi connectivity index (χ4n) is 4.22. The summed E-state index contributed by atoms with van der Waals surface area (Å²) in [6.07, 6.45) is 5.51. The minimum Gasteiger partial charge on any atom is -0.289 e. The first-order valence-electron chi connectivity index (χ1n) is 10.0. The molecular weight excluding hydrogens is 386 g/mol. The van der Waals surface area contributed by atoms with Gasteiger partial charge in [0.15, 0.2) is 5.13 Å². The highest BCUT2D eigenvalue weighted by molar-refractivity contribution is 7.22. The molecule has 1 saturated heterocycles. The van der Waals surface area contributed by atoms with Gasteiger partial charge in [-0.15, -0.1) is 0 Å². The second-order valence-corrected chi connectivity index (χ2v) is 9.22. The lowest BCUT2D eigenvalue weighted by Gasteiger charge is -2.30. The molecule has 2 aliphatic rings. The summed E-state index contributed by atoms with van der Waals surface area (Å²) in [6, 6.07) is 6.92. The summed E-state index contributed by atoms with van der Waals surface area (Å²) in [4.78, 5) is 46.9. The van der Waals surface area contributed by atoms with Gasteiger partial charge in [-0.05, 0) is 37.3 Å². The van der Waals surface area contributed by atoms with Gasteiger partial charge in [-0.3, -0.25) is 24.2 Å². The molecule has 6 nitrogen and oxygen atoms in total. The molecule has 1 aliphatic heterocycles. The summed E-state index contributed by atoms with van der Waals surface area (Å²) in [7, 11) is 1.67. The van der Waals surface area contributed by atoms with Crippen LogP contribution >= 0.6 is 11.3 Å². The van der Waals surface area contributed by atoms with E-state index >= 15 is 0 Å². The Bertz CT molecular complexity index is 937. The molecule has 1 aromatic heterocycles. The quantitative estimate of drug-likeness (QED) is 0.556. The van der Waals surface area contributed by atoms with Crippen molar-refractivity contribution in [2.24, 2.45) is 17.8 Å². The number of thiazole rings is 1. The Kier molecular flexibility index (Phi) is 5.25. The van der Waals surface area contributed by atoms with Crippen LogP contribution in [0.1, 0.15) is 33.1 Å². The van der Waals surface area contributed by atoms with Gasteiger partial charge in [0.2, 0.25) is 11.8 Å². The first kappa shape index (κ1) is 19.8. The maximum atomic E-state index is 13.5. The molecule has 0 spiro atoms. The second-order valence-electron chi connectivity index (χ2n) is 8.21. The van der Waals surface area contributed by atoms with E-state index in [1.54, 1.807) is 7.05 Å². The largest absolute Gasteiger partial charge is 0.289 e. The van der Waals surface area contributed by atoms with Gasteiger partial charge >= 0.3 is 0 Å². The molecule has 29 heavy (non-hydrogen) atoms. The molecule has 2 aromatic rings. The number of rotatable bonds is 5. The molecule has 3 atom stereocenters. The Hall–Kier alpha value is -2.54. The maximum absolute atomic E-state index is 13.5. The van der Waals surface area contributed by atoms with Crippen molar-refractivity contribution >= 4 is 44.4 Å². The van der Waals surface area contributed by atoms with E-state index in [9.17, 15) is 14.4 Å². The number of allylic oxidation sites excluding steroid dienone is 2. The number of anilines is 1. The Morgan fingerprint density at radius 3 is 2.38 bits per heavy atom. The smallest absolute Gasteiger partial charge is 0.251 e. The normalized spacial score (nSPS) is 22.4. The van der Waals surface area contributed by atoms with Gasteiger partial charge in [0.05, 0.1) is 22.1 Å². The number of likely N-dealkylation sites (tertiary alicyclic amines) is 1. The lowest BCUT2D eigenvalue weighted by atomic mass is 9.85. The summed E-state index contributed by atoms with van der Waals surface area (Å²) in [5.41, 5.74) is 0.831. The van der Waals surface area contributed by atoms with E-state index in [1.807, 2.05) is 50.3 Å². The average Bonchev–Trinajstić information content (AvgIpc) is 3.25. The summed E-state index contributed by atoms with van der Waals surface area (Å²) >= 11 is 1.43. The number of nitrogens with zero attached hydrogens (tertiary/aromatic N) is 3. The van der Waals surface area contributed by atoms with Crippen LogP contribution in [0.3, 0.4) is 0 Å². The van der Waals surface area contributed by atoms with Crippen molar-refractivity contribution in [3.8, 4) is 0 Å². The van der Waals surface area contributed by atoms with E-state index in [0.29, 0.717) is 24.4 Å². The Morgan fingerprint density at radius 2 is 1.79 bits per heavy atom. The molecule has 3 amide bonds. The number of para-hydroxylation sites is 1. The molecule has 3 unspecified atom stereocenters. The molecule has 2 heterocycles. The number of fused-ring (bicyclic) bond motifs is 2. The van der Waals surface area contributed by atoms with Crippen molar-refractivity contribution in [2.75, 3.05) is 11.9 Å². The van der Waals surface area contributed by atoms with E-state index in [0.717, 1.165) is 10.2 Å². The highest BCUT2D eigenvalue weighted by Crippen LogP contribution is 2.38. The summed E-state index contributed by atoms with van der Waals surface area (Å²) in [6.45, 7) is 4.00. The van der Waals surface area contributed by atoms with Crippen molar-refractivity contribution in [1.29, 1.82) is 0 Å². The SMILES string of the molecule is CC(C)CC(C(=O)N(C)c1nc2ccccc2s1)N1C(=O)C2CC=CCC2C1=O. The number of hydrogen-bond donors (Lipinski definition) is 0. The van der Waals surface area contributed by atoms with Crippen molar-refractivity contribution in [2.45, 2.75) is 39.2 Å². The van der Waals surface area contributed by atoms with Crippen molar-refractivity contribution in [3.05, 3.63) is 36.4 Å². The number of carbonyl (C=O) groups is 3. The monoisotopic (exact) mass is 411 g/mol. The van der Waals surface area contributed by atoms with E-state index < -0.39 is 6.04 Å². The van der Waals surface area contributed by atoms with Crippen LogP contribution in [-0.4, -0.2) is 40.7 Å². The number of benzene rings is 1. The van der Waals surface area contributed by atoms with E-state index in [4.69, 9.17) is 0 Å². The molecule has 7 heteroatoms. The number of aromatic nitrogens is 1. The second kappa shape index (κ2) is 7.71. The zero-order chi connectivity index (χ0) is 20.7. The first-order valence-corrected chi connectivity index (χ1v) is 10.8. The van der Waals surface area contributed by atoms with Gasteiger partial charge in [0.25, 0.3) is 5.91 Å². The van der Waals surface area contributed by atoms with Crippen molar-refractivity contribution < 1.29 is 14.4 Å². The molecule has 0 saturated carbocycles. The number of likely N-dealkylation sites (N-methyl/N-ethyl adjacent to an activating group) is 1. The molecule has 1 aromatic carbocycles. The Morgan fingerprint density at radius 1 is 1.17 bits per heavy atom. The molecule has 152 valence electrons. The number of imide groups is 1. The highest BCUT2D eigenvalue weighted by Gasteiger charge is 2.51. The van der Waals surface area contributed by atoms with Crippen LogP contribution in [0.15, 0.2) is 36.4 Å². The van der Waals surface area contributed by atoms with Crippen LogP contribution in [0, 0.1) is 17.8 Å². The minimum atomic E-state index is -0.794. The van der Waals surface area contributed by atoms with Crippen molar-refractivity contribution in [1.82, 2.24) is 9.88 Å². The van der Waals surface area contributed by atoms with Crippen LogP contribution < -0.4 is 4.90 Å². The standard InChI is InChI=1S/C22H25N3O3S/c1-13(2)12-17(25-19(26)14-8-4-5-9-15(14)20(25)27)21(28)24(3)22-23-16-10-6-7-11-18(16)29-22/h4-7,10-11,13-15,17H,8-9,12H2,1-3H3. The third-order valence-electron chi connectivity index (χ3n) is 5.73. The van der Waals surface area contributed by atoms with Gasteiger partial charge < -0.3 is 0 Å².